The molecular formula is C30H27Fe3OPS3. The zero-order valence-corrected chi connectivity index (χ0v) is 26.9. The zero-order valence-electron chi connectivity index (χ0n) is 20.2. The van der Waals surface area contributed by atoms with Crippen LogP contribution in [0.1, 0.15) is 0 Å². The minimum atomic E-state index is -2.12. The van der Waals surface area contributed by atoms with E-state index in [1.165, 1.54) is 9.79 Å². The van der Waals surface area contributed by atoms with E-state index >= 15 is 0 Å². The topological polar surface area (TPSA) is 9.23 Å². The van der Waals surface area contributed by atoms with Crippen molar-refractivity contribution < 1.29 is 55.7 Å². The van der Waals surface area contributed by atoms with E-state index in [4.69, 9.17) is 16.3 Å². The maximum absolute atomic E-state index is 6.14. The molecule has 0 aliphatic rings. The molecule has 0 fully saturated rings. The van der Waals surface area contributed by atoms with Gasteiger partial charge in [0.25, 0.3) is 0 Å². The number of hydrogen-bond acceptors (Lipinski definition) is 4. The Morgan fingerprint density at radius 1 is 0.474 bits per heavy atom. The fraction of sp³-hybridized carbons (Fsp3) is 0. The molecule has 0 unspecified atom stereocenters. The fourth-order valence-corrected chi connectivity index (χ4v) is 11.0. The van der Waals surface area contributed by atoms with Gasteiger partial charge in [0.2, 0.25) is 0 Å². The van der Waals surface area contributed by atoms with Crippen LogP contribution in [-0.4, -0.2) is 0 Å². The van der Waals surface area contributed by atoms with Gasteiger partial charge in [0.05, 0.1) is 0 Å². The molecular weight excluding hydrogens is 671 g/mol. The molecule has 0 N–H and O–H groups in total. The van der Waals surface area contributed by atoms with Gasteiger partial charge >= 0.3 is 51.2 Å². The van der Waals surface area contributed by atoms with Crippen molar-refractivity contribution in [1.82, 2.24) is 0 Å². The van der Waals surface area contributed by atoms with Crippen molar-refractivity contribution >= 4 is 39.2 Å². The average Bonchev–Trinajstić information content (AvgIpc) is 3.73. The summed E-state index contributed by atoms with van der Waals surface area (Å²) in [5, 5.41) is 0. The summed E-state index contributed by atoms with van der Waals surface area (Å²) in [4.78, 5) is 2.33. The molecule has 0 aliphatic carbocycles. The van der Waals surface area contributed by atoms with Crippen molar-refractivity contribution in [3.8, 4) is 5.75 Å². The first-order valence-corrected chi connectivity index (χ1v) is 16.6. The molecule has 0 saturated carbocycles. The molecule has 0 atom stereocenters. The van der Waals surface area contributed by atoms with Crippen LogP contribution >= 0.6 is 27.4 Å². The quantitative estimate of drug-likeness (QED) is 0.0973. The van der Waals surface area contributed by atoms with E-state index in [9.17, 15) is 0 Å². The minimum absolute atomic E-state index is 0. The Balaban J connectivity index is 0.000000620. The van der Waals surface area contributed by atoms with E-state index in [2.05, 4.69) is 24.3 Å². The third-order valence-electron chi connectivity index (χ3n) is 4.21. The van der Waals surface area contributed by atoms with Crippen LogP contribution in [0.2, 0.25) is 0 Å². The Kier molecular flexibility index (Phi) is 21.9. The van der Waals surface area contributed by atoms with E-state index in [1.807, 2.05) is 140 Å². The molecule has 0 amide bonds. The maximum atomic E-state index is 6.14. The van der Waals surface area contributed by atoms with E-state index < -0.39 is 4.67 Å². The minimum Gasteiger partial charge on any atom is -0.512 e. The predicted molar refractivity (Wildman–Crippen MR) is 159 cm³/mol. The van der Waals surface area contributed by atoms with E-state index in [1.54, 1.807) is 22.8 Å². The maximum Gasteiger partial charge on any atom is 2.00 e. The van der Waals surface area contributed by atoms with Gasteiger partial charge in [-0.05, 0) is 11.8 Å². The standard InChI is InChI=1S/C15H12OPS3.3C5H5.3Fe/c18-17(16-13-7-1-2-8-13,19-14-9-3-4-10-14)20-15-11-5-6-12-15;3*1-2-4-5-3-1;;;/h1-12H;3*1-5H;;;/q-3;3*-1;3*+2. The zero-order chi connectivity index (χ0) is 24.4. The molecule has 0 radical (unpaired) electrons. The van der Waals surface area contributed by atoms with Gasteiger partial charge in [-0.15, -0.1) is 34.9 Å². The molecule has 0 bridgehead atoms. The summed E-state index contributed by atoms with van der Waals surface area (Å²) in [5.41, 5.74) is 0. The Morgan fingerprint density at radius 2 is 0.763 bits per heavy atom. The first-order valence-electron chi connectivity index (χ1n) is 11.1. The van der Waals surface area contributed by atoms with Crippen LogP contribution < -0.4 is 4.52 Å². The molecule has 200 valence electrons. The third kappa shape index (κ3) is 16.0. The van der Waals surface area contributed by atoms with Crippen LogP contribution in [0.4, 0.5) is 0 Å². The van der Waals surface area contributed by atoms with Crippen molar-refractivity contribution in [2.45, 2.75) is 9.79 Å². The monoisotopic (exact) mass is 698 g/mol. The molecule has 0 heterocycles. The fourth-order valence-electron chi connectivity index (χ4n) is 2.66. The molecule has 0 saturated heterocycles. The molecule has 1 nitrogen and oxygen atoms in total. The van der Waals surface area contributed by atoms with Crippen LogP contribution in [-0.2, 0) is 63.0 Å². The van der Waals surface area contributed by atoms with Crippen molar-refractivity contribution in [3.05, 3.63) is 164 Å². The summed E-state index contributed by atoms with van der Waals surface area (Å²) in [6.07, 6.45) is 0. The van der Waals surface area contributed by atoms with Crippen LogP contribution in [0.3, 0.4) is 0 Å². The second-order valence-corrected chi connectivity index (χ2v) is 17.2. The SMILES string of the molecule is S=P(O[c-]1cccc1)(S[c-]1cccc1)S[c-]1cccc1.[Fe+2].[Fe+2].[Fe+2].c1cc[cH-]c1.c1cc[cH-]c1.c1cc[cH-]c1. The molecule has 0 aliphatic heterocycles. The number of rotatable bonds is 6. The first-order chi connectivity index (χ1) is 17.2. The molecule has 8 heteroatoms. The molecule has 0 aromatic heterocycles. The van der Waals surface area contributed by atoms with Crippen molar-refractivity contribution in [1.29, 1.82) is 0 Å². The summed E-state index contributed by atoms with van der Waals surface area (Å²) < 4.78 is 4.02. The molecule has 6 rings (SSSR count). The molecule has 0 spiro atoms. The van der Waals surface area contributed by atoms with Crippen molar-refractivity contribution in [2.24, 2.45) is 0 Å². The van der Waals surface area contributed by atoms with E-state index in [0.717, 1.165) is 5.75 Å². The van der Waals surface area contributed by atoms with E-state index in [0.29, 0.717) is 0 Å². The first kappa shape index (κ1) is 36.8. The molecule has 6 aromatic rings. The largest absolute Gasteiger partial charge is 2.00 e. The van der Waals surface area contributed by atoms with Crippen molar-refractivity contribution in [2.75, 3.05) is 0 Å². The second kappa shape index (κ2) is 22.6. The Hall–Kier alpha value is -1.19. The molecule has 6 aromatic carbocycles. The predicted octanol–water partition coefficient (Wildman–Crippen LogP) is 10.2. The summed E-state index contributed by atoms with van der Waals surface area (Å²) in [7, 11) is 0. The van der Waals surface area contributed by atoms with Crippen LogP contribution in [0, 0.1) is 0 Å². The Morgan fingerprint density at radius 3 is 1.03 bits per heavy atom. The van der Waals surface area contributed by atoms with Gasteiger partial charge < -0.3 is 4.52 Å². The normalized spacial score (nSPS) is 9.26. The summed E-state index contributed by atoms with van der Waals surface area (Å²) in [6.45, 7) is 0. The number of hydrogen-bond donors (Lipinski definition) is 0. The average molecular weight is 698 g/mol. The Bertz CT molecular complexity index is 1020. The van der Waals surface area contributed by atoms with Gasteiger partial charge in [0, 0.05) is 5.75 Å². The van der Waals surface area contributed by atoms with Gasteiger partial charge in [0.15, 0.2) is 4.67 Å². The van der Waals surface area contributed by atoms with E-state index in [-0.39, 0.29) is 51.2 Å². The summed E-state index contributed by atoms with van der Waals surface area (Å²) in [6, 6.07) is 54.3. The summed E-state index contributed by atoms with van der Waals surface area (Å²) >= 11 is 9.18. The second-order valence-electron chi connectivity index (χ2n) is 6.97. The van der Waals surface area contributed by atoms with Crippen LogP contribution in [0.5, 0.6) is 5.75 Å². The van der Waals surface area contributed by atoms with Gasteiger partial charge in [-0.25, -0.2) is 72.8 Å². The summed E-state index contributed by atoms with van der Waals surface area (Å²) in [5.74, 6) is 0.853. The Labute approximate surface area is 272 Å². The van der Waals surface area contributed by atoms with Gasteiger partial charge in [-0.2, -0.15) is 78.9 Å². The van der Waals surface area contributed by atoms with Gasteiger partial charge in [0.1, 0.15) is 0 Å². The van der Waals surface area contributed by atoms with Crippen molar-refractivity contribution in [3.63, 3.8) is 0 Å². The van der Waals surface area contributed by atoms with Crippen LogP contribution in [0.15, 0.2) is 174 Å². The third-order valence-corrected chi connectivity index (χ3v) is 12.0. The smallest absolute Gasteiger partial charge is 0.512 e. The molecule has 38 heavy (non-hydrogen) atoms. The van der Waals surface area contributed by atoms with Gasteiger partial charge in [-0.3, -0.25) is 0 Å². The van der Waals surface area contributed by atoms with Crippen LogP contribution in [0.25, 0.3) is 0 Å². The van der Waals surface area contributed by atoms with Gasteiger partial charge in [-0.1, -0.05) is 9.79 Å².